The smallest absolute Gasteiger partial charge is 0.241 e. The minimum Gasteiger partial charge on any atom is -0.324 e. The summed E-state index contributed by atoms with van der Waals surface area (Å²) in [6, 6.07) is 5.42. The average Bonchev–Trinajstić information content (AvgIpc) is 2.21. The Morgan fingerprint density at radius 1 is 1.24 bits per heavy atom. The summed E-state index contributed by atoms with van der Waals surface area (Å²) in [5.74, 6) is -0.130. The van der Waals surface area contributed by atoms with Crippen LogP contribution >= 0.6 is 0 Å². The fourth-order valence-electron chi connectivity index (χ4n) is 1.61. The van der Waals surface area contributed by atoms with Crippen molar-refractivity contribution in [3.63, 3.8) is 0 Å². The molecule has 1 amide bonds. The highest BCUT2D eigenvalue weighted by Crippen LogP contribution is 2.22. The van der Waals surface area contributed by atoms with E-state index in [1.165, 1.54) is 0 Å². The second-order valence-corrected chi connectivity index (χ2v) is 5.60. The van der Waals surface area contributed by atoms with E-state index in [0.717, 1.165) is 16.8 Å². The quantitative estimate of drug-likeness (QED) is 0.826. The van der Waals surface area contributed by atoms with Gasteiger partial charge in [0.25, 0.3) is 0 Å². The Balaban J connectivity index is 2.89. The number of hydrogen-bond acceptors (Lipinski definition) is 2. The molecule has 1 aromatic carbocycles. The van der Waals surface area contributed by atoms with Crippen molar-refractivity contribution >= 4 is 11.6 Å². The highest BCUT2D eigenvalue weighted by atomic mass is 16.2. The summed E-state index contributed by atoms with van der Waals surface area (Å²) in [6.45, 7) is 9.84. The molecule has 0 bridgehead atoms. The first-order valence-electron chi connectivity index (χ1n) is 5.86. The standard InChI is InChI=1S/C14H22N2O/c1-9-7-6-8-10(2)11(9)16-13(17)12(15)14(3,4)5/h6-8,12H,15H2,1-5H3,(H,16,17)/t12-/m0/s1. The zero-order valence-corrected chi connectivity index (χ0v) is 11.3. The normalized spacial score (nSPS) is 13.3. The lowest BCUT2D eigenvalue weighted by molar-refractivity contribution is -0.119. The number of hydrogen-bond donors (Lipinski definition) is 2. The Hall–Kier alpha value is -1.35. The number of carbonyl (C=O) groups is 1. The Morgan fingerprint density at radius 2 is 1.71 bits per heavy atom. The van der Waals surface area contributed by atoms with E-state index in [0.29, 0.717) is 0 Å². The van der Waals surface area contributed by atoms with Gasteiger partial charge in [-0.1, -0.05) is 39.0 Å². The van der Waals surface area contributed by atoms with E-state index in [-0.39, 0.29) is 11.3 Å². The van der Waals surface area contributed by atoms with Crippen LogP contribution in [0, 0.1) is 19.3 Å². The van der Waals surface area contributed by atoms with Crippen molar-refractivity contribution in [2.45, 2.75) is 40.7 Å². The van der Waals surface area contributed by atoms with Crippen molar-refractivity contribution in [2.75, 3.05) is 5.32 Å². The average molecular weight is 234 g/mol. The fourth-order valence-corrected chi connectivity index (χ4v) is 1.61. The molecule has 0 spiro atoms. The number of nitrogens with two attached hydrogens (primary N) is 1. The number of benzene rings is 1. The maximum absolute atomic E-state index is 12.0. The molecule has 0 saturated heterocycles. The van der Waals surface area contributed by atoms with Crippen molar-refractivity contribution in [2.24, 2.45) is 11.1 Å². The van der Waals surface area contributed by atoms with Crippen LogP contribution in [0.4, 0.5) is 5.69 Å². The molecule has 1 atom stereocenters. The summed E-state index contributed by atoms with van der Waals surface area (Å²) in [6.07, 6.45) is 0. The molecule has 0 radical (unpaired) electrons. The van der Waals surface area contributed by atoms with Crippen LogP contribution in [0.1, 0.15) is 31.9 Å². The molecule has 0 heterocycles. The van der Waals surface area contributed by atoms with Crippen molar-refractivity contribution in [3.05, 3.63) is 29.3 Å². The van der Waals surface area contributed by atoms with E-state index in [1.807, 2.05) is 52.8 Å². The first kappa shape index (κ1) is 13.7. The van der Waals surface area contributed by atoms with Crippen molar-refractivity contribution in [3.8, 4) is 0 Å². The van der Waals surface area contributed by atoms with Gasteiger partial charge in [0.05, 0.1) is 6.04 Å². The van der Waals surface area contributed by atoms with Crippen molar-refractivity contribution in [1.29, 1.82) is 0 Å². The molecule has 0 aliphatic heterocycles. The lowest BCUT2D eigenvalue weighted by Gasteiger charge is -2.26. The SMILES string of the molecule is Cc1cccc(C)c1NC(=O)[C@H](N)C(C)(C)C. The van der Waals surface area contributed by atoms with Crippen molar-refractivity contribution < 1.29 is 4.79 Å². The van der Waals surface area contributed by atoms with Crippen LogP contribution in [0.3, 0.4) is 0 Å². The van der Waals surface area contributed by atoms with Gasteiger partial charge >= 0.3 is 0 Å². The third-order valence-electron chi connectivity index (χ3n) is 2.94. The van der Waals surface area contributed by atoms with E-state index >= 15 is 0 Å². The number of amides is 1. The third kappa shape index (κ3) is 3.30. The number of rotatable bonds is 2. The van der Waals surface area contributed by atoms with Gasteiger partial charge in [-0.05, 0) is 30.4 Å². The van der Waals surface area contributed by atoms with Gasteiger partial charge in [0.15, 0.2) is 0 Å². The Morgan fingerprint density at radius 3 is 2.12 bits per heavy atom. The summed E-state index contributed by atoms with van der Waals surface area (Å²) >= 11 is 0. The summed E-state index contributed by atoms with van der Waals surface area (Å²) in [5, 5.41) is 2.92. The zero-order chi connectivity index (χ0) is 13.2. The maximum Gasteiger partial charge on any atom is 0.241 e. The predicted molar refractivity (Wildman–Crippen MR) is 72.0 cm³/mol. The minimum absolute atomic E-state index is 0.130. The van der Waals surface area contributed by atoms with E-state index in [1.54, 1.807) is 0 Å². The minimum atomic E-state index is -0.512. The van der Waals surface area contributed by atoms with E-state index in [4.69, 9.17) is 5.73 Å². The van der Waals surface area contributed by atoms with Crippen LogP contribution in [-0.4, -0.2) is 11.9 Å². The molecule has 0 fully saturated rings. The van der Waals surface area contributed by atoms with Gasteiger partial charge in [-0.25, -0.2) is 0 Å². The molecular weight excluding hydrogens is 212 g/mol. The van der Waals surface area contributed by atoms with Crippen LogP contribution in [0.25, 0.3) is 0 Å². The molecule has 94 valence electrons. The summed E-state index contributed by atoms with van der Waals surface area (Å²) < 4.78 is 0. The Bertz CT molecular complexity index is 398. The molecule has 1 aromatic rings. The number of nitrogens with one attached hydrogen (secondary N) is 1. The second kappa shape index (κ2) is 4.88. The molecule has 0 aliphatic rings. The summed E-state index contributed by atoms with van der Waals surface area (Å²) in [4.78, 5) is 12.0. The van der Waals surface area contributed by atoms with Gasteiger partial charge in [-0.3, -0.25) is 4.79 Å². The van der Waals surface area contributed by atoms with Crippen molar-refractivity contribution in [1.82, 2.24) is 0 Å². The number of aryl methyl sites for hydroxylation is 2. The van der Waals surface area contributed by atoms with Gasteiger partial charge in [0.2, 0.25) is 5.91 Å². The lowest BCUT2D eigenvalue weighted by atomic mass is 9.87. The van der Waals surface area contributed by atoms with Crippen LogP contribution in [0.2, 0.25) is 0 Å². The van der Waals surface area contributed by atoms with Gasteiger partial charge < -0.3 is 11.1 Å². The molecule has 17 heavy (non-hydrogen) atoms. The summed E-state index contributed by atoms with van der Waals surface area (Å²) in [7, 11) is 0. The second-order valence-electron chi connectivity index (χ2n) is 5.60. The van der Waals surface area contributed by atoms with E-state index in [2.05, 4.69) is 5.32 Å². The van der Waals surface area contributed by atoms with Gasteiger partial charge in [0.1, 0.15) is 0 Å². The van der Waals surface area contributed by atoms with Crippen LogP contribution < -0.4 is 11.1 Å². The highest BCUT2D eigenvalue weighted by molar-refractivity contribution is 5.96. The molecule has 0 unspecified atom stereocenters. The van der Waals surface area contributed by atoms with Crippen LogP contribution in [-0.2, 0) is 4.79 Å². The first-order chi connectivity index (χ1) is 7.73. The fraction of sp³-hybridized carbons (Fsp3) is 0.500. The van der Waals surface area contributed by atoms with Crippen LogP contribution in [0.5, 0.6) is 0 Å². The number of para-hydroxylation sites is 1. The first-order valence-corrected chi connectivity index (χ1v) is 5.86. The van der Waals surface area contributed by atoms with Gasteiger partial charge in [0, 0.05) is 5.69 Å². The topological polar surface area (TPSA) is 55.1 Å². The molecule has 0 saturated carbocycles. The predicted octanol–water partition coefficient (Wildman–Crippen LogP) is 2.62. The highest BCUT2D eigenvalue weighted by Gasteiger charge is 2.27. The molecule has 3 heteroatoms. The van der Waals surface area contributed by atoms with Crippen LogP contribution in [0.15, 0.2) is 18.2 Å². The molecule has 3 nitrogen and oxygen atoms in total. The molecule has 3 N–H and O–H groups in total. The summed E-state index contributed by atoms with van der Waals surface area (Å²) in [5.41, 5.74) is 8.68. The number of anilines is 1. The van der Waals surface area contributed by atoms with Gasteiger partial charge in [-0.2, -0.15) is 0 Å². The third-order valence-corrected chi connectivity index (χ3v) is 2.94. The maximum atomic E-state index is 12.0. The molecule has 0 aliphatic carbocycles. The van der Waals surface area contributed by atoms with E-state index < -0.39 is 6.04 Å². The lowest BCUT2D eigenvalue weighted by Crippen LogP contribution is -2.45. The molecular formula is C14H22N2O. The Kier molecular flexibility index (Phi) is 3.94. The van der Waals surface area contributed by atoms with E-state index in [9.17, 15) is 4.79 Å². The largest absolute Gasteiger partial charge is 0.324 e. The monoisotopic (exact) mass is 234 g/mol. The molecule has 1 rings (SSSR count). The zero-order valence-electron chi connectivity index (χ0n) is 11.3. The Labute approximate surface area is 103 Å². The van der Waals surface area contributed by atoms with Gasteiger partial charge in [-0.15, -0.1) is 0 Å². The molecule has 0 aromatic heterocycles. The number of carbonyl (C=O) groups excluding carboxylic acids is 1.